The smallest absolute Gasteiger partial charge is 0.321 e. The fourth-order valence-corrected chi connectivity index (χ4v) is 3.49. The van der Waals surface area contributed by atoms with E-state index in [0.717, 1.165) is 0 Å². The van der Waals surface area contributed by atoms with Crippen LogP contribution in [0.4, 0.5) is 5.69 Å². The largest absolute Gasteiger partial charge is 0.459 e. The number of rotatable bonds is 4. The Bertz CT molecular complexity index is 605. The number of ether oxygens (including phenoxy) is 1. The molecule has 1 aromatic carbocycles. The number of nitrogens with two attached hydrogens (primary N) is 1. The predicted molar refractivity (Wildman–Crippen MR) is 81.9 cm³/mol. The molecule has 0 unspecified atom stereocenters. The zero-order valence-corrected chi connectivity index (χ0v) is 14.0. The zero-order chi connectivity index (χ0) is 15.6. The Morgan fingerprint density at radius 3 is 2.45 bits per heavy atom. The highest BCUT2D eigenvalue weighted by Crippen LogP contribution is 2.22. The van der Waals surface area contributed by atoms with Gasteiger partial charge in [0.1, 0.15) is 11.4 Å². The van der Waals surface area contributed by atoms with Crippen molar-refractivity contribution < 1.29 is 17.9 Å². The molecule has 0 aliphatic carbocycles. The van der Waals surface area contributed by atoms with Gasteiger partial charge in [0.2, 0.25) is 0 Å². The number of hydrogen-bond donors (Lipinski definition) is 1. The summed E-state index contributed by atoms with van der Waals surface area (Å²) in [7, 11) is -3.59. The molecule has 20 heavy (non-hydrogen) atoms. The van der Waals surface area contributed by atoms with Crippen LogP contribution in [-0.4, -0.2) is 25.7 Å². The van der Waals surface area contributed by atoms with Crippen LogP contribution in [0.3, 0.4) is 0 Å². The summed E-state index contributed by atoms with van der Waals surface area (Å²) in [4.78, 5) is 11.6. The summed E-state index contributed by atoms with van der Waals surface area (Å²) in [6.07, 6.45) is 0. The molecule has 0 bridgehead atoms. The lowest BCUT2D eigenvalue weighted by atomic mass is 10.2. The van der Waals surface area contributed by atoms with Gasteiger partial charge in [-0.25, -0.2) is 8.42 Å². The Labute approximate surface area is 127 Å². The maximum atomic E-state index is 12.0. The molecular formula is C13H18BrNO4S. The number of sulfone groups is 1. The van der Waals surface area contributed by atoms with E-state index in [1.165, 1.54) is 0 Å². The second-order valence-electron chi connectivity index (χ2n) is 5.47. The summed E-state index contributed by atoms with van der Waals surface area (Å²) in [6, 6.07) is 4.85. The Morgan fingerprint density at radius 2 is 1.95 bits per heavy atom. The third kappa shape index (κ3) is 5.92. The molecule has 0 atom stereocenters. The van der Waals surface area contributed by atoms with E-state index < -0.39 is 27.2 Å². The van der Waals surface area contributed by atoms with Crippen LogP contribution in [0.5, 0.6) is 0 Å². The molecule has 0 radical (unpaired) electrons. The molecule has 0 aliphatic heterocycles. The second kappa shape index (κ2) is 6.13. The minimum atomic E-state index is -3.59. The van der Waals surface area contributed by atoms with Crippen molar-refractivity contribution in [3.05, 3.63) is 28.2 Å². The summed E-state index contributed by atoms with van der Waals surface area (Å²) in [5.74, 6) is -1.63. The number of carbonyl (C=O) groups is 1. The topological polar surface area (TPSA) is 86.5 Å². The van der Waals surface area contributed by atoms with E-state index in [1.807, 2.05) is 0 Å². The number of hydrogen-bond acceptors (Lipinski definition) is 5. The summed E-state index contributed by atoms with van der Waals surface area (Å²) in [5.41, 5.74) is 5.98. The highest BCUT2D eigenvalue weighted by molar-refractivity contribution is 9.10. The van der Waals surface area contributed by atoms with Gasteiger partial charge in [-0.1, -0.05) is 22.0 Å². The van der Waals surface area contributed by atoms with Crippen LogP contribution < -0.4 is 5.73 Å². The van der Waals surface area contributed by atoms with E-state index in [1.54, 1.807) is 39.0 Å². The molecule has 112 valence electrons. The lowest BCUT2D eigenvalue weighted by Gasteiger charge is -2.19. The minimum absolute atomic E-state index is 0.243. The van der Waals surface area contributed by atoms with E-state index in [-0.39, 0.29) is 5.75 Å². The number of anilines is 1. The van der Waals surface area contributed by atoms with Crippen molar-refractivity contribution in [3.8, 4) is 0 Å². The summed E-state index contributed by atoms with van der Waals surface area (Å²) < 4.78 is 29.6. The molecule has 0 saturated carbocycles. The van der Waals surface area contributed by atoms with Crippen LogP contribution in [-0.2, 0) is 25.1 Å². The first-order valence-electron chi connectivity index (χ1n) is 5.95. The van der Waals surface area contributed by atoms with E-state index >= 15 is 0 Å². The fourth-order valence-electron chi connectivity index (χ4n) is 1.52. The van der Waals surface area contributed by atoms with Crippen LogP contribution in [0.25, 0.3) is 0 Å². The second-order valence-corrected chi connectivity index (χ2v) is 8.39. The van der Waals surface area contributed by atoms with Crippen molar-refractivity contribution in [2.24, 2.45) is 0 Å². The molecule has 0 heterocycles. The van der Waals surface area contributed by atoms with Crippen molar-refractivity contribution in [2.45, 2.75) is 32.1 Å². The molecule has 0 saturated heterocycles. The molecule has 0 spiro atoms. The molecule has 0 fully saturated rings. The SMILES string of the molecule is CC(C)(C)OC(=O)CS(=O)(=O)Cc1ccc(N)cc1Br. The number of carbonyl (C=O) groups excluding carboxylic acids is 1. The molecule has 5 nitrogen and oxygen atoms in total. The lowest BCUT2D eigenvalue weighted by molar-refractivity contribution is -0.151. The van der Waals surface area contributed by atoms with Crippen molar-refractivity contribution in [1.82, 2.24) is 0 Å². The summed E-state index contributed by atoms with van der Waals surface area (Å²) >= 11 is 3.25. The normalized spacial score (nSPS) is 12.2. The third-order valence-corrected chi connectivity index (χ3v) is 4.37. The minimum Gasteiger partial charge on any atom is -0.459 e. The van der Waals surface area contributed by atoms with Gasteiger partial charge in [-0.15, -0.1) is 0 Å². The summed E-state index contributed by atoms with van der Waals surface area (Å²) in [6.45, 7) is 5.07. The predicted octanol–water partition coefficient (Wildman–Crippen LogP) is 2.29. The first-order valence-corrected chi connectivity index (χ1v) is 8.56. The quantitative estimate of drug-likeness (QED) is 0.654. The first kappa shape index (κ1) is 17.0. The average molecular weight is 364 g/mol. The highest BCUT2D eigenvalue weighted by Gasteiger charge is 2.23. The highest BCUT2D eigenvalue weighted by atomic mass is 79.9. The lowest BCUT2D eigenvalue weighted by Crippen LogP contribution is -2.29. The van der Waals surface area contributed by atoms with E-state index in [9.17, 15) is 13.2 Å². The van der Waals surface area contributed by atoms with Gasteiger partial charge < -0.3 is 10.5 Å². The molecule has 2 N–H and O–H groups in total. The van der Waals surface area contributed by atoms with Crippen LogP contribution >= 0.6 is 15.9 Å². The summed E-state index contributed by atoms with van der Waals surface area (Å²) in [5, 5.41) is 0. The molecule has 0 aromatic heterocycles. The first-order chi connectivity index (χ1) is 8.98. The van der Waals surface area contributed by atoms with Gasteiger partial charge in [-0.05, 0) is 38.5 Å². The third-order valence-electron chi connectivity index (χ3n) is 2.21. The van der Waals surface area contributed by atoms with Crippen molar-refractivity contribution in [3.63, 3.8) is 0 Å². The van der Waals surface area contributed by atoms with Crippen molar-refractivity contribution in [1.29, 1.82) is 0 Å². The Kier molecular flexibility index (Phi) is 5.21. The number of benzene rings is 1. The van der Waals surface area contributed by atoms with Gasteiger partial charge in [0, 0.05) is 10.2 Å². The number of nitrogen functional groups attached to an aromatic ring is 1. The molecule has 1 aromatic rings. The zero-order valence-electron chi connectivity index (χ0n) is 11.6. The number of esters is 1. The molecule has 7 heteroatoms. The molecule has 1 rings (SSSR count). The van der Waals surface area contributed by atoms with Gasteiger partial charge in [-0.2, -0.15) is 0 Å². The van der Waals surface area contributed by atoms with Gasteiger partial charge in [0.15, 0.2) is 9.84 Å². The molecule has 0 amide bonds. The molecule has 0 aliphatic rings. The number of halogens is 1. The Balaban J connectivity index is 2.78. The van der Waals surface area contributed by atoms with Gasteiger partial charge in [0.25, 0.3) is 0 Å². The van der Waals surface area contributed by atoms with Crippen LogP contribution in [0.2, 0.25) is 0 Å². The van der Waals surface area contributed by atoms with E-state index in [0.29, 0.717) is 15.7 Å². The van der Waals surface area contributed by atoms with Crippen LogP contribution in [0.15, 0.2) is 22.7 Å². The monoisotopic (exact) mass is 363 g/mol. The maximum Gasteiger partial charge on any atom is 0.321 e. The van der Waals surface area contributed by atoms with Gasteiger partial charge in [0.05, 0.1) is 5.75 Å². The van der Waals surface area contributed by atoms with Crippen molar-refractivity contribution in [2.75, 3.05) is 11.5 Å². The van der Waals surface area contributed by atoms with Gasteiger partial charge in [-0.3, -0.25) is 4.79 Å². The Morgan fingerprint density at radius 1 is 1.35 bits per heavy atom. The van der Waals surface area contributed by atoms with Gasteiger partial charge >= 0.3 is 5.97 Å². The van der Waals surface area contributed by atoms with E-state index in [2.05, 4.69) is 15.9 Å². The van der Waals surface area contributed by atoms with E-state index in [4.69, 9.17) is 10.5 Å². The molecular weight excluding hydrogens is 346 g/mol. The van der Waals surface area contributed by atoms with Crippen molar-refractivity contribution >= 4 is 37.4 Å². The average Bonchev–Trinajstić information content (AvgIpc) is 2.18. The Hall–Kier alpha value is -1.08. The maximum absolute atomic E-state index is 12.0. The fraction of sp³-hybridized carbons (Fsp3) is 0.462. The van der Waals surface area contributed by atoms with Crippen LogP contribution in [0.1, 0.15) is 26.3 Å². The standard InChI is InChI=1S/C13H18BrNO4S/c1-13(2,3)19-12(16)8-20(17,18)7-9-4-5-10(15)6-11(9)14/h4-6H,7-8,15H2,1-3H3. The van der Waals surface area contributed by atoms with Crippen LogP contribution in [0, 0.1) is 0 Å².